The molecule has 76 valence electrons. The summed E-state index contributed by atoms with van der Waals surface area (Å²) in [6.07, 6.45) is 2.75. The van der Waals surface area contributed by atoms with Crippen LogP contribution in [0.3, 0.4) is 0 Å². The minimum Gasteiger partial charge on any atom is -0.469 e. The quantitative estimate of drug-likeness (QED) is 0.770. The number of hydrogen-bond donors (Lipinski definition) is 1. The number of nitrogens with one attached hydrogen (secondary N) is 1. The second-order valence-corrected chi connectivity index (χ2v) is 3.38. The van der Waals surface area contributed by atoms with Crippen molar-refractivity contribution >= 4 is 5.91 Å². The molecule has 1 aromatic rings. The van der Waals surface area contributed by atoms with Crippen LogP contribution in [0, 0.1) is 0 Å². The minimum absolute atomic E-state index is 0.0645. The van der Waals surface area contributed by atoms with E-state index in [9.17, 15) is 4.79 Å². The molecule has 0 bridgehead atoms. The van der Waals surface area contributed by atoms with Crippen molar-refractivity contribution in [3.8, 4) is 0 Å². The van der Waals surface area contributed by atoms with Crippen LogP contribution in [0.5, 0.6) is 0 Å². The lowest BCUT2D eigenvalue weighted by Crippen LogP contribution is -2.48. The van der Waals surface area contributed by atoms with Crippen LogP contribution in [-0.4, -0.2) is 25.2 Å². The van der Waals surface area contributed by atoms with Crippen molar-refractivity contribution in [1.82, 2.24) is 5.32 Å². The second-order valence-electron chi connectivity index (χ2n) is 3.38. The van der Waals surface area contributed by atoms with Crippen LogP contribution >= 0.6 is 0 Å². The zero-order chi connectivity index (χ0) is 9.80. The maximum absolute atomic E-state index is 11.3. The van der Waals surface area contributed by atoms with Crippen molar-refractivity contribution in [3.05, 3.63) is 24.2 Å². The highest BCUT2D eigenvalue weighted by atomic mass is 16.5. The highest BCUT2D eigenvalue weighted by Crippen LogP contribution is 2.04. The van der Waals surface area contributed by atoms with E-state index in [-0.39, 0.29) is 11.9 Å². The molecule has 1 aliphatic rings. The maximum Gasteiger partial charge on any atom is 0.220 e. The van der Waals surface area contributed by atoms with Crippen LogP contribution in [0.15, 0.2) is 22.8 Å². The van der Waals surface area contributed by atoms with Crippen LogP contribution in [0.1, 0.15) is 12.2 Å². The number of rotatable bonds is 4. The van der Waals surface area contributed by atoms with Gasteiger partial charge in [0.05, 0.1) is 25.5 Å². The molecule has 1 aliphatic heterocycles. The third-order valence-electron chi connectivity index (χ3n) is 2.18. The number of ether oxygens (including phenoxy) is 1. The Morgan fingerprint density at radius 2 is 2.43 bits per heavy atom. The van der Waals surface area contributed by atoms with Gasteiger partial charge in [0, 0.05) is 12.8 Å². The summed E-state index contributed by atoms with van der Waals surface area (Å²) in [5.41, 5.74) is 0. The molecule has 0 saturated carbocycles. The number of carbonyl (C=O) groups excluding carboxylic acids is 1. The van der Waals surface area contributed by atoms with Gasteiger partial charge in [-0.25, -0.2) is 0 Å². The van der Waals surface area contributed by atoms with Gasteiger partial charge in [0.1, 0.15) is 5.76 Å². The van der Waals surface area contributed by atoms with E-state index in [0.29, 0.717) is 26.1 Å². The Kier molecular flexibility index (Phi) is 2.84. The van der Waals surface area contributed by atoms with Gasteiger partial charge in [-0.3, -0.25) is 4.79 Å². The molecule has 1 fully saturated rings. The molecule has 2 heterocycles. The normalized spacial score (nSPS) is 16.3. The summed E-state index contributed by atoms with van der Waals surface area (Å²) < 4.78 is 10.1. The summed E-state index contributed by atoms with van der Waals surface area (Å²) in [5, 5.41) is 2.87. The molecule has 1 aromatic heterocycles. The Labute approximate surface area is 82.2 Å². The van der Waals surface area contributed by atoms with Gasteiger partial charge in [-0.1, -0.05) is 0 Å². The Bertz CT molecular complexity index is 290. The SMILES string of the molecule is O=C(CCc1ccco1)NC1COC1. The van der Waals surface area contributed by atoms with E-state index in [2.05, 4.69) is 5.32 Å². The summed E-state index contributed by atoms with van der Waals surface area (Å²) in [5.74, 6) is 0.916. The van der Waals surface area contributed by atoms with Crippen molar-refractivity contribution < 1.29 is 13.9 Å². The van der Waals surface area contributed by atoms with Crippen LogP contribution in [0.25, 0.3) is 0 Å². The molecule has 2 rings (SSSR count). The van der Waals surface area contributed by atoms with Crippen LogP contribution in [0.4, 0.5) is 0 Å². The number of aryl methyl sites for hydroxylation is 1. The molecule has 4 nitrogen and oxygen atoms in total. The smallest absolute Gasteiger partial charge is 0.220 e. The molecule has 1 saturated heterocycles. The van der Waals surface area contributed by atoms with Gasteiger partial charge in [0.15, 0.2) is 0 Å². The van der Waals surface area contributed by atoms with Crippen LogP contribution in [-0.2, 0) is 16.0 Å². The van der Waals surface area contributed by atoms with Gasteiger partial charge in [0.25, 0.3) is 0 Å². The summed E-state index contributed by atoms with van der Waals surface area (Å²) in [6, 6.07) is 3.92. The van der Waals surface area contributed by atoms with Gasteiger partial charge in [-0.2, -0.15) is 0 Å². The van der Waals surface area contributed by atoms with E-state index in [1.54, 1.807) is 6.26 Å². The topological polar surface area (TPSA) is 51.5 Å². The highest BCUT2D eigenvalue weighted by molar-refractivity contribution is 5.76. The Balaban J connectivity index is 1.67. The summed E-state index contributed by atoms with van der Waals surface area (Å²) in [4.78, 5) is 11.3. The lowest BCUT2D eigenvalue weighted by atomic mass is 10.2. The lowest BCUT2D eigenvalue weighted by molar-refractivity contribution is -0.125. The van der Waals surface area contributed by atoms with Crippen molar-refractivity contribution in [1.29, 1.82) is 0 Å². The number of furan rings is 1. The van der Waals surface area contributed by atoms with Crippen molar-refractivity contribution in [2.45, 2.75) is 18.9 Å². The van der Waals surface area contributed by atoms with Crippen molar-refractivity contribution in [2.24, 2.45) is 0 Å². The Morgan fingerprint density at radius 3 is 3.00 bits per heavy atom. The minimum atomic E-state index is 0.0645. The number of carbonyl (C=O) groups is 1. The van der Waals surface area contributed by atoms with Gasteiger partial charge in [0.2, 0.25) is 5.91 Å². The average molecular weight is 195 g/mol. The average Bonchev–Trinajstić information content (AvgIpc) is 2.60. The molecule has 4 heteroatoms. The van der Waals surface area contributed by atoms with E-state index < -0.39 is 0 Å². The fraction of sp³-hybridized carbons (Fsp3) is 0.500. The van der Waals surface area contributed by atoms with Crippen LogP contribution < -0.4 is 5.32 Å². The van der Waals surface area contributed by atoms with Crippen molar-refractivity contribution in [3.63, 3.8) is 0 Å². The largest absolute Gasteiger partial charge is 0.469 e. The fourth-order valence-electron chi connectivity index (χ4n) is 1.31. The Hall–Kier alpha value is -1.29. The van der Waals surface area contributed by atoms with Gasteiger partial charge < -0.3 is 14.5 Å². The zero-order valence-corrected chi connectivity index (χ0v) is 7.86. The molecule has 0 atom stereocenters. The summed E-state index contributed by atoms with van der Waals surface area (Å²) in [7, 11) is 0. The van der Waals surface area contributed by atoms with E-state index in [0.717, 1.165) is 5.76 Å². The molecule has 0 radical (unpaired) electrons. The van der Waals surface area contributed by atoms with E-state index >= 15 is 0 Å². The molecule has 1 N–H and O–H groups in total. The molecule has 0 aliphatic carbocycles. The first kappa shape index (κ1) is 9.27. The van der Waals surface area contributed by atoms with E-state index in [1.807, 2.05) is 12.1 Å². The molecular weight excluding hydrogens is 182 g/mol. The standard InChI is InChI=1S/C10H13NO3/c12-10(11-8-6-13-7-8)4-3-9-2-1-5-14-9/h1-2,5,8H,3-4,6-7H2,(H,11,12). The molecule has 0 unspecified atom stereocenters. The van der Waals surface area contributed by atoms with Crippen molar-refractivity contribution in [2.75, 3.05) is 13.2 Å². The molecule has 1 amide bonds. The second kappa shape index (κ2) is 4.28. The molecule has 0 aromatic carbocycles. The first-order valence-electron chi connectivity index (χ1n) is 4.74. The third kappa shape index (κ3) is 2.35. The molecule has 14 heavy (non-hydrogen) atoms. The van der Waals surface area contributed by atoms with E-state index in [4.69, 9.17) is 9.15 Å². The van der Waals surface area contributed by atoms with Gasteiger partial charge >= 0.3 is 0 Å². The number of amides is 1. The monoisotopic (exact) mass is 195 g/mol. The first-order chi connectivity index (χ1) is 6.84. The summed E-state index contributed by atoms with van der Waals surface area (Å²) >= 11 is 0. The molecular formula is C10H13NO3. The van der Waals surface area contributed by atoms with Gasteiger partial charge in [-0.15, -0.1) is 0 Å². The summed E-state index contributed by atoms with van der Waals surface area (Å²) in [6.45, 7) is 1.29. The molecule has 0 spiro atoms. The number of hydrogen-bond acceptors (Lipinski definition) is 3. The predicted molar refractivity (Wildman–Crippen MR) is 49.8 cm³/mol. The third-order valence-corrected chi connectivity index (χ3v) is 2.18. The Morgan fingerprint density at radius 1 is 1.57 bits per heavy atom. The van der Waals surface area contributed by atoms with Crippen LogP contribution in [0.2, 0.25) is 0 Å². The first-order valence-corrected chi connectivity index (χ1v) is 4.74. The fourth-order valence-corrected chi connectivity index (χ4v) is 1.31. The van der Waals surface area contributed by atoms with E-state index in [1.165, 1.54) is 0 Å². The lowest BCUT2D eigenvalue weighted by Gasteiger charge is -2.26. The predicted octanol–water partition coefficient (Wildman–Crippen LogP) is 0.727. The maximum atomic E-state index is 11.3. The highest BCUT2D eigenvalue weighted by Gasteiger charge is 2.19. The zero-order valence-electron chi connectivity index (χ0n) is 7.86. The van der Waals surface area contributed by atoms with Gasteiger partial charge in [-0.05, 0) is 12.1 Å².